The summed E-state index contributed by atoms with van der Waals surface area (Å²) in [6, 6.07) is 9.36. The molecule has 0 atom stereocenters. The molecule has 3 rings (SSSR count). The van der Waals surface area contributed by atoms with Crippen molar-refractivity contribution in [3.63, 3.8) is 0 Å². The first-order chi connectivity index (χ1) is 15.0. The zero-order chi connectivity index (χ0) is 22.4. The number of carbonyl (C=O) groups is 2. The number of hydrogen-bond donors (Lipinski definition) is 1. The lowest BCUT2D eigenvalue weighted by Gasteiger charge is -2.36. The SMILES string of the molecule is COc1cc(C(=O)NCC(=O)N2CCN(c3ccc(F)cc3)CC2)cc(OC)c1OC. The van der Waals surface area contributed by atoms with E-state index < -0.39 is 5.91 Å². The fraction of sp³-hybridized carbons (Fsp3) is 0.364. The number of rotatable bonds is 7. The summed E-state index contributed by atoms with van der Waals surface area (Å²) >= 11 is 0. The standard InChI is InChI=1S/C22H26FN3O5/c1-29-18-12-15(13-19(30-2)21(18)31-3)22(28)24-14-20(27)26-10-8-25(9-11-26)17-6-4-16(23)5-7-17/h4-7,12-13H,8-11,14H2,1-3H3,(H,24,28). The van der Waals surface area contributed by atoms with Crippen molar-refractivity contribution in [2.45, 2.75) is 0 Å². The molecule has 1 aliphatic rings. The lowest BCUT2D eigenvalue weighted by Crippen LogP contribution is -2.51. The Hall–Kier alpha value is -3.49. The topological polar surface area (TPSA) is 80.3 Å². The van der Waals surface area contributed by atoms with Crippen LogP contribution in [0.1, 0.15) is 10.4 Å². The summed E-state index contributed by atoms with van der Waals surface area (Å²) in [7, 11) is 4.41. The lowest BCUT2D eigenvalue weighted by molar-refractivity contribution is -0.130. The fourth-order valence-corrected chi connectivity index (χ4v) is 3.45. The summed E-state index contributed by atoms with van der Waals surface area (Å²) < 4.78 is 28.9. The van der Waals surface area contributed by atoms with Crippen LogP contribution in [0, 0.1) is 5.82 Å². The molecular weight excluding hydrogens is 405 g/mol. The zero-order valence-corrected chi connectivity index (χ0v) is 17.8. The molecule has 0 aromatic heterocycles. The van der Waals surface area contributed by atoms with Crippen molar-refractivity contribution in [1.29, 1.82) is 0 Å². The number of amides is 2. The second-order valence-electron chi connectivity index (χ2n) is 6.94. The van der Waals surface area contributed by atoms with E-state index in [0.29, 0.717) is 49.0 Å². The number of hydrogen-bond acceptors (Lipinski definition) is 6. The lowest BCUT2D eigenvalue weighted by atomic mass is 10.1. The maximum atomic E-state index is 13.1. The highest BCUT2D eigenvalue weighted by atomic mass is 19.1. The Balaban J connectivity index is 1.55. The first kappa shape index (κ1) is 22.2. The molecule has 0 unspecified atom stereocenters. The number of halogens is 1. The highest BCUT2D eigenvalue weighted by Crippen LogP contribution is 2.38. The average molecular weight is 431 g/mol. The number of anilines is 1. The summed E-state index contributed by atoms with van der Waals surface area (Å²) in [6.45, 7) is 2.20. The molecule has 0 aliphatic carbocycles. The van der Waals surface area contributed by atoms with Crippen molar-refractivity contribution < 1.29 is 28.2 Å². The predicted octanol–water partition coefficient (Wildman–Crippen LogP) is 1.93. The Morgan fingerprint density at radius 1 is 0.935 bits per heavy atom. The Morgan fingerprint density at radius 2 is 1.52 bits per heavy atom. The minimum absolute atomic E-state index is 0.119. The van der Waals surface area contributed by atoms with E-state index in [0.717, 1.165) is 5.69 Å². The monoisotopic (exact) mass is 431 g/mol. The van der Waals surface area contributed by atoms with Gasteiger partial charge in [0.1, 0.15) is 5.82 Å². The second kappa shape index (κ2) is 10.0. The molecule has 2 amide bonds. The van der Waals surface area contributed by atoms with Gasteiger partial charge >= 0.3 is 0 Å². The van der Waals surface area contributed by atoms with E-state index >= 15 is 0 Å². The Kier molecular flexibility index (Phi) is 7.17. The van der Waals surface area contributed by atoms with Crippen LogP contribution in [0.2, 0.25) is 0 Å². The van der Waals surface area contributed by atoms with Gasteiger partial charge in [0, 0.05) is 37.4 Å². The zero-order valence-electron chi connectivity index (χ0n) is 17.8. The number of piperazine rings is 1. The Bertz CT molecular complexity index is 902. The van der Waals surface area contributed by atoms with Gasteiger partial charge in [0.05, 0.1) is 27.9 Å². The van der Waals surface area contributed by atoms with Gasteiger partial charge in [-0.3, -0.25) is 9.59 Å². The third-order valence-electron chi connectivity index (χ3n) is 5.15. The number of nitrogens with one attached hydrogen (secondary N) is 1. The molecule has 0 saturated carbocycles. The second-order valence-corrected chi connectivity index (χ2v) is 6.94. The summed E-state index contributed by atoms with van der Waals surface area (Å²) in [5.41, 5.74) is 1.22. The van der Waals surface area contributed by atoms with E-state index in [1.807, 2.05) is 0 Å². The predicted molar refractivity (Wildman–Crippen MR) is 114 cm³/mol. The van der Waals surface area contributed by atoms with Crippen molar-refractivity contribution in [3.8, 4) is 17.2 Å². The van der Waals surface area contributed by atoms with Gasteiger partial charge in [-0.15, -0.1) is 0 Å². The minimum Gasteiger partial charge on any atom is -0.493 e. The van der Waals surface area contributed by atoms with Crippen molar-refractivity contribution in [2.24, 2.45) is 0 Å². The first-order valence-corrected chi connectivity index (χ1v) is 9.83. The molecule has 31 heavy (non-hydrogen) atoms. The van der Waals surface area contributed by atoms with Crippen molar-refractivity contribution in [3.05, 3.63) is 47.8 Å². The highest BCUT2D eigenvalue weighted by molar-refractivity contribution is 5.97. The molecule has 1 aliphatic heterocycles. The van der Waals surface area contributed by atoms with Gasteiger partial charge < -0.3 is 29.3 Å². The molecular formula is C22H26FN3O5. The molecule has 1 N–H and O–H groups in total. The van der Waals surface area contributed by atoms with Crippen LogP contribution in [0.5, 0.6) is 17.2 Å². The van der Waals surface area contributed by atoms with Gasteiger partial charge in [0.2, 0.25) is 11.7 Å². The minimum atomic E-state index is -0.419. The van der Waals surface area contributed by atoms with Crippen LogP contribution in [0.4, 0.5) is 10.1 Å². The van der Waals surface area contributed by atoms with Gasteiger partial charge in [-0.1, -0.05) is 0 Å². The van der Waals surface area contributed by atoms with Crippen LogP contribution < -0.4 is 24.4 Å². The van der Waals surface area contributed by atoms with Gasteiger partial charge in [-0.2, -0.15) is 0 Å². The molecule has 0 spiro atoms. The van der Waals surface area contributed by atoms with Gasteiger partial charge in [0.25, 0.3) is 5.91 Å². The van der Waals surface area contributed by atoms with Crippen LogP contribution in [0.25, 0.3) is 0 Å². The molecule has 0 radical (unpaired) electrons. The normalized spacial score (nSPS) is 13.5. The van der Waals surface area contributed by atoms with Crippen LogP contribution in [-0.2, 0) is 4.79 Å². The van der Waals surface area contributed by atoms with Gasteiger partial charge in [-0.25, -0.2) is 4.39 Å². The largest absolute Gasteiger partial charge is 0.493 e. The number of ether oxygens (including phenoxy) is 3. The maximum Gasteiger partial charge on any atom is 0.251 e. The van der Waals surface area contributed by atoms with Crippen LogP contribution >= 0.6 is 0 Å². The number of carbonyl (C=O) groups excluding carboxylic acids is 2. The van der Waals surface area contributed by atoms with Gasteiger partial charge in [0.15, 0.2) is 11.5 Å². The number of methoxy groups -OCH3 is 3. The van der Waals surface area contributed by atoms with Crippen LogP contribution in [0.3, 0.4) is 0 Å². The molecule has 1 heterocycles. The van der Waals surface area contributed by atoms with E-state index in [9.17, 15) is 14.0 Å². The Morgan fingerprint density at radius 3 is 2.03 bits per heavy atom. The quantitative estimate of drug-likeness (QED) is 0.722. The van der Waals surface area contributed by atoms with Gasteiger partial charge in [-0.05, 0) is 36.4 Å². The van der Waals surface area contributed by atoms with E-state index in [4.69, 9.17) is 14.2 Å². The number of nitrogens with zero attached hydrogens (tertiary/aromatic N) is 2. The average Bonchev–Trinajstić information content (AvgIpc) is 2.81. The third-order valence-corrected chi connectivity index (χ3v) is 5.15. The van der Waals surface area contributed by atoms with Crippen molar-refractivity contribution in [2.75, 3.05) is 59.0 Å². The Labute approximate surface area is 180 Å². The maximum absolute atomic E-state index is 13.1. The number of benzene rings is 2. The molecule has 2 aromatic carbocycles. The summed E-state index contributed by atoms with van der Waals surface area (Å²) in [5, 5.41) is 2.65. The van der Waals surface area contributed by atoms with Crippen molar-refractivity contribution >= 4 is 17.5 Å². The molecule has 9 heteroatoms. The van der Waals surface area contributed by atoms with E-state index in [1.165, 1.54) is 45.6 Å². The summed E-state index contributed by atoms with van der Waals surface area (Å²) in [4.78, 5) is 28.9. The van der Waals surface area contributed by atoms with E-state index in [1.54, 1.807) is 17.0 Å². The summed E-state index contributed by atoms with van der Waals surface area (Å²) in [6.07, 6.45) is 0. The van der Waals surface area contributed by atoms with Crippen LogP contribution in [0.15, 0.2) is 36.4 Å². The molecule has 2 aromatic rings. The van der Waals surface area contributed by atoms with Crippen molar-refractivity contribution in [1.82, 2.24) is 10.2 Å². The third kappa shape index (κ3) is 5.17. The van der Waals surface area contributed by atoms with E-state index in [2.05, 4.69) is 10.2 Å². The molecule has 1 fully saturated rings. The fourth-order valence-electron chi connectivity index (χ4n) is 3.45. The highest BCUT2D eigenvalue weighted by Gasteiger charge is 2.22. The first-order valence-electron chi connectivity index (χ1n) is 9.83. The molecule has 8 nitrogen and oxygen atoms in total. The smallest absolute Gasteiger partial charge is 0.251 e. The molecule has 1 saturated heterocycles. The summed E-state index contributed by atoms with van der Waals surface area (Å²) in [5.74, 6) is 0.236. The van der Waals surface area contributed by atoms with Crippen LogP contribution in [-0.4, -0.2) is 70.8 Å². The molecule has 0 bridgehead atoms. The van der Waals surface area contributed by atoms with E-state index in [-0.39, 0.29) is 18.3 Å². The molecule has 166 valence electrons.